The van der Waals surface area contributed by atoms with Crippen molar-refractivity contribution in [2.24, 2.45) is 0 Å². The quantitative estimate of drug-likeness (QED) is 0.359. The summed E-state index contributed by atoms with van der Waals surface area (Å²) in [7, 11) is 0. The first-order valence-electron chi connectivity index (χ1n) is 11.9. The minimum Gasteiger partial charge on any atom is -0.872 e. The third-order valence-corrected chi connectivity index (χ3v) is 6.26. The first kappa shape index (κ1) is 32.7. The second kappa shape index (κ2) is 15.1. The molecule has 0 aliphatic rings. The standard InChI is InChI=1S/2C15H16O.C2H3O3.Ti/c2*1-15(2,12-6-4-3-5-7-12)13-8-10-14(16)11-9-13;3-1-2(4)5;/h2*3-11,16H,1-2H3;1H2,(H,4,5);/q;;-1;+4/p-3. The van der Waals surface area contributed by atoms with Gasteiger partial charge in [-0.15, -0.1) is 11.5 Å². The van der Waals surface area contributed by atoms with Crippen LogP contribution in [0.3, 0.4) is 0 Å². The molecule has 4 aromatic rings. The Labute approximate surface area is 240 Å². The Kier molecular flexibility index (Phi) is 13.0. The van der Waals surface area contributed by atoms with E-state index in [0.717, 1.165) is 0 Å². The van der Waals surface area contributed by atoms with Crippen molar-refractivity contribution in [1.29, 1.82) is 0 Å². The summed E-state index contributed by atoms with van der Waals surface area (Å²) in [6.07, 6.45) is 0. The zero-order chi connectivity index (χ0) is 27.5. The van der Waals surface area contributed by atoms with Gasteiger partial charge in [-0.25, -0.2) is 0 Å². The van der Waals surface area contributed by atoms with Gasteiger partial charge in [0.15, 0.2) is 0 Å². The first-order valence-corrected chi connectivity index (χ1v) is 11.9. The molecular formula is C32H32O5Ti. The largest absolute Gasteiger partial charge is 4.00 e. The summed E-state index contributed by atoms with van der Waals surface area (Å²) in [6, 6.07) is 34.8. The normalized spacial score (nSPS) is 10.6. The van der Waals surface area contributed by atoms with E-state index < -0.39 is 12.6 Å². The van der Waals surface area contributed by atoms with Gasteiger partial charge in [-0.3, -0.25) is 0 Å². The van der Waals surface area contributed by atoms with Crippen LogP contribution in [0.5, 0.6) is 11.5 Å². The molecule has 0 bridgehead atoms. The molecule has 0 spiro atoms. The van der Waals surface area contributed by atoms with Gasteiger partial charge in [0.2, 0.25) is 0 Å². The van der Waals surface area contributed by atoms with E-state index in [0.29, 0.717) is 0 Å². The maximum atomic E-state index is 11.1. The molecule has 0 heterocycles. The summed E-state index contributed by atoms with van der Waals surface area (Å²) in [6.45, 7) is 7.54. The van der Waals surface area contributed by atoms with Crippen LogP contribution in [0.4, 0.5) is 0 Å². The number of carboxylic acid groups (broad SMARTS) is 1. The van der Waals surface area contributed by atoms with E-state index in [1.54, 1.807) is 24.3 Å². The van der Waals surface area contributed by atoms with Crippen molar-refractivity contribution in [3.05, 3.63) is 131 Å². The summed E-state index contributed by atoms with van der Waals surface area (Å²) < 4.78 is 0. The molecule has 5 nitrogen and oxygen atoms in total. The molecule has 4 rings (SSSR count). The number of rotatable bonds is 5. The summed E-state index contributed by atoms with van der Waals surface area (Å²) in [5.41, 5.74) is 4.73. The van der Waals surface area contributed by atoms with Gasteiger partial charge >= 0.3 is 21.7 Å². The van der Waals surface area contributed by atoms with Crippen LogP contribution in [-0.4, -0.2) is 12.6 Å². The fourth-order valence-electron chi connectivity index (χ4n) is 3.79. The zero-order valence-corrected chi connectivity index (χ0v) is 23.7. The van der Waals surface area contributed by atoms with Gasteiger partial charge < -0.3 is 25.2 Å². The van der Waals surface area contributed by atoms with E-state index in [-0.39, 0.29) is 44.0 Å². The van der Waals surface area contributed by atoms with Crippen LogP contribution in [0.15, 0.2) is 109 Å². The van der Waals surface area contributed by atoms with Crippen molar-refractivity contribution in [1.82, 2.24) is 0 Å². The number of carbonyl (C=O) groups excluding carboxylic acids is 1. The molecule has 194 valence electrons. The van der Waals surface area contributed by atoms with Crippen LogP contribution in [0, 0.1) is 0 Å². The molecule has 0 N–H and O–H groups in total. The second-order valence-electron chi connectivity index (χ2n) is 9.55. The molecule has 0 unspecified atom stereocenters. The van der Waals surface area contributed by atoms with Gasteiger partial charge in [-0.1, -0.05) is 143 Å². The first-order chi connectivity index (χ1) is 17.5. The number of carboxylic acids is 1. The van der Waals surface area contributed by atoms with Crippen LogP contribution < -0.4 is 20.4 Å². The van der Waals surface area contributed by atoms with Gasteiger partial charge in [0.25, 0.3) is 0 Å². The molecule has 38 heavy (non-hydrogen) atoms. The second-order valence-corrected chi connectivity index (χ2v) is 9.55. The Morgan fingerprint density at radius 2 is 0.789 bits per heavy atom. The molecule has 0 radical (unpaired) electrons. The Bertz CT molecular complexity index is 1130. The summed E-state index contributed by atoms with van der Waals surface area (Å²) in [5, 5.41) is 40.1. The maximum Gasteiger partial charge on any atom is 4.00 e. The molecular weight excluding hydrogens is 512 g/mol. The number of aliphatic carboxylic acids is 1. The van der Waals surface area contributed by atoms with E-state index >= 15 is 0 Å². The number of carbonyl (C=O) groups is 1. The molecule has 0 aromatic heterocycles. The molecule has 0 amide bonds. The van der Waals surface area contributed by atoms with Crippen LogP contribution in [0.25, 0.3) is 0 Å². The van der Waals surface area contributed by atoms with Crippen molar-refractivity contribution in [2.75, 3.05) is 6.61 Å². The average Bonchev–Trinajstić information content (AvgIpc) is 2.91. The summed E-state index contributed by atoms with van der Waals surface area (Å²) in [5.74, 6) is -1.43. The maximum absolute atomic E-state index is 11.1. The molecule has 0 atom stereocenters. The Balaban J connectivity index is 0.000000317. The third-order valence-electron chi connectivity index (χ3n) is 6.26. The van der Waals surface area contributed by atoms with E-state index in [1.165, 1.54) is 22.3 Å². The molecule has 0 saturated carbocycles. The van der Waals surface area contributed by atoms with E-state index in [1.807, 2.05) is 60.7 Å². The summed E-state index contributed by atoms with van der Waals surface area (Å²) >= 11 is 0. The van der Waals surface area contributed by atoms with Crippen molar-refractivity contribution in [3.8, 4) is 11.5 Å². The Morgan fingerprint density at radius 1 is 0.553 bits per heavy atom. The minimum absolute atomic E-state index is 0. The van der Waals surface area contributed by atoms with Gasteiger partial charge in [-0.05, 0) is 22.3 Å². The van der Waals surface area contributed by atoms with Crippen LogP contribution in [-0.2, 0) is 37.3 Å². The fourth-order valence-corrected chi connectivity index (χ4v) is 3.79. The number of benzene rings is 4. The van der Waals surface area contributed by atoms with Crippen LogP contribution >= 0.6 is 0 Å². The molecule has 0 aliphatic carbocycles. The van der Waals surface area contributed by atoms with Crippen LogP contribution in [0.1, 0.15) is 49.9 Å². The van der Waals surface area contributed by atoms with E-state index in [4.69, 9.17) is 15.0 Å². The monoisotopic (exact) mass is 544 g/mol. The minimum atomic E-state index is -1.55. The predicted octanol–water partition coefficient (Wildman–Crippen LogP) is 3.27. The van der Waals surface area contributed by atoms with Gasteiger partial charge in [0, 0.05) is 16.8 Å². The zero-order valence-electron chi connectivity index (χ0n) is 22.1. The molecule has 0 fully saturated rings. The smallest absolute Gasteiger partial charge is 0.872 e. The Morgan fingerprint density at radius 3 is 1.03 bits per heavy atom. The topological polar surface area (TPSA) is 109 Å². The molecule has 0 saturated heterocycles. The summed E-state index contributed by atoms with van der Waals surface area (Å²) in [4.78, 5) is 8.94. The van der Waals surface area contributed by atoms with Gasteiger partial charge in [-0.2, -0.15) is 0 Å². The predicted molar refractivity (Wildman–Crippen MR) is 139 cm³/mol. The fraction of sp³-hybridized carbons (Fsp3) is 0.219. The molecule has 6 heteroatoms. The Hall–Kier alpha value is -3.38. The van der Waals surface area contributed by atoms with Crippen molar-refractivity contribution >= 4 is 5.97 Å². The SMILES string of the molecule is CC(C)(c1ccccc1)c1ccc([O-])cc1.CC(C)(c1ccccc1)c1ccc([O-])cc1.O=C([O-])C[O-].[Ti+4]. The van der Waals surface area contributed by atoms with Crippen molar-refractivity contribution in [3.63, 3.8) is 0 Å². The van der Waals surface area contributed by atoms with E-state index in [9.17, 15) is 10.2 Å². The molecule has 4 aromatic carbocycles. The molecule has 0 aliphatic heterocycles. The average molecular weight is 544 g/mol. The van der Waals surface area contributed by atoms with Crippen LogP contribution in [0.2, 0.25) is 0 Å². The van der Waals surface area contributed by atoms with Crippen molar-refractivity contribution < 1.29 is 46.9 Å². The third kappa shape index (κ3) is 9.49. The van der Waals surface area contributed by atoms with Gasteiger partial charge in [0.1, 0.15) is 0 Å². The number of hydrogen-bond acceptors (Lipinski definition) is 5. The van der Waals surface area contributed by atoms with E-state index in [2.05, 4.69) is 52.0 Å². The van der Waals surface area contributed by atoms with Gasteiger partial charge in [0.05, 0.1) is 0 Å². The number of hydrogen-bond donors (Lipinski definition) is 0. The van der Waals surface area contributed by atoms with Crippen molar-refractivity contribution in [2.45, 2.75) is 38.5 Å².